The van der Waals surface area contributed by atoms with Crippen molar-refractivity contribution in [1.29, 1.82) is 0 Å². The molecular formula is C25H25FN2O4. The van der Waals surface area contributed by atoms with E-state index in [0.717, 1.165) is 11.3 Å². The predicted molar refractivity (Wildman–Crippen MR) is 120 cm³/mol. The van der Waals surface area contributed by atoms with Crippen molar-refractivity contribution < 1.29 is 23.5 Å². The Morgan fingerprint density at radius 3 is 2.50 bits per heavy atom. The number of carbonyl (C=O) groups excluding carboxylic acids is 2. The monoisotopic (exact) mass is 436 g/mol. The summed E-state index contributed by atoms with van der Waals surface area (Å²) >= 11 is 0. The van der Waals surface area contributed by atoms with Gasteiger partial charge in [0.05, 0.1) is 23.9 Å². The van der Waals surface area contributed by atoms with Gasteiger partial charge in [0.25, 0.3) is 11.8 Å². The normalized spacial score (nSPS) is 11.3. The van der Waals surface area contributed by atoms with Crippen LogP contribution in [0.1, 0.15) is 35.8 Å². The third-order valence-electron chi connectivity index (χ3n) is 4.66. The van der Waals surface area contributed by atoms with E-state index >= 15 is 0 Å². The van der Waals surface area contributed by atoms with Crippen molar-refractivity contribution in [2.75, 3.05) is 18.5 Å². The van der Waals surface area contributed by atoms with Crippen molar-refractivity contribution in [1.82, 2.24) is 5.32 Å². The smallest absolute Gasteiger partial charge is 0.262 e. The molecule has 1 unspecified atom stereocenters. The summed E-state index contributed by atoms with van der Waals surface area (Å²) in [5.41, 5.74) is 1.25. The number of halogens is 1. The number of carbonyl (C=O) groups is 2. The summed E-state index contributed by atoms with van der Waals surface area (Å²) in [7, 11) is 0. The van der Waals surface area contributed by atoms with E-state index in [1.807, 2.05) is 38.1 Å². The van der Waals surface area contributed by atoms with E-state index < -0.39 is 11.7 Å². The van der Waals surface area contributed by atoms with Crippen LogP contribution in [0.3, 0.4) is 0 Å². The number of ether oxygens (including phenoxy) is 2. The van der Waals surface area contributed by atoms with Crippen LogP contribution >= 0.6 is 0 Å². The summed E-state index contributed by atoms with van der Waals surface area (Å²) in [5.74, 6) is -0.432. The highest BCUT2D eigenvalue weighted by Crippen LogP contribution is 2.22. The van der Waals surface area contributed by atoms with Crippen LogP contribution < -0.4 is 20.1 Å². The fraction of sp³-hybridized carbons (Fsp3) is 0.200. The van der Waals surface area contributed by atoms with E-state index in [0.29, 0.717) is 12.2 Å². The number of para-hydroxylation sites is 2. The number of nitrogens with one attached hydrogen (secondary N) is 2. The molecule has 0 aromatic heterocycles. The summed E-state index contributed by atoms with van der Waals surface area (Å²) in [4.78, 5) is 25.0. The van der Waals surface area contributed by atoms with Gasteiger partial charge in [-0.15, -0.1) is 0 Å². The summed E-state index contributed by atoms with van der Waals surface area (Å²) in [6.07, 6.45) is 0. The minimum absolute atomic E-state index is 0.0650. The second kappa shape index (κ2) is 10.9. The first-order valence-electron chi connectivity index (χ1n) is 10.3. The molecule has 1 atom stereocenters. The van der Waals surface area contributed by atoms with Crippen molar-refractivity contribution in [3.8, 4) is 11.5 Å². The Balaban J connectivity index is 1.64. The highest BCUT2D eigenvalue weighted by Gasteiger charge is 2.17. The van der Waals surface area contributed by atoms with Gasteiger partial charge in [-0.3, -0.25) is 9.59 Å². The third-order valence-corrected chi connectivity index (χ3v) is 4.66. The molecule has 7 heteroatoms. The van der Waals surface area contributed by atoms with Crippen molar-refractivity contribution in [2.45, 2.75) is 19.9 Å². The molecule has 2 N–H and O–H groups in total. The lowest BCUT2D eigenvalue weighted by atomic mass is 10.1. The van der Waals surface area contributed by atoms with Gasteiger partial charge in [0, 0.05) is 0 Å². The first-order valence-corrected chi connectivity index (χ1v) is 10.3. The Labute approximate surface area is 186 Å². The van der Waals surface area contributed by atoms with Gasteiger partial charge in [-0.1, -0.05) is 36.4 Å². The predicted octanol–water partition coefficient (Wildman–Crippen LogP) is 4.73. The van der Waals surface area contributed by atoms with Crippen LogP contribution in [0.4, 0.5) is 10.1 Å². The molecule has 0 radical (unpaired) electrons. The second-order valence-corrected chi connectivity index (χ2v) is 7.01. The molecule has 0 heterocycles. The average Bonchev–Trinajstić information content (AvgIpc) is 2.80. The Morgan fingerprint density at radius 2 is 1.72 bits per heavy atom. The van der Waals surface area contributed by atoms with E-state index in [4.69, 9.17) is 9.47 Å². The molecule has 0 bridgehead atoms. The van der Waals surface area contributed by atoms with Gasteiger partial charge in [0.1, 0.15) is 17.3 Å². The highest BCUT2D eigenvalue weighted by molar-refractivity contribution is 5.97. The topological polar surface area (TPSA) is 76.7 Å². The maximum atomic E-state index is 13.7. The number of hydrogen-bond donors (Lipinski definition) is 2. The maximum absolute atomic E-state index is 13.7. The summed E-state index contributed by atoms with van der Waals surface area (Å²) in [6, 6.07) is 19.7. The van der Waals surface area contributed by atoms with E-state index in [1.165, 1.54) is 18.2 Å². The number of rotatable bonds is 9. The first kappa shape index (κ1) is 22.8. The summed E-state index contributed by atoms with van der Waals surface area (Å²) in [5, 5.41) is 5.38. The largest absolute Gasteiger partial charge is 0.494 e. The summed E-state index contributed by atoms with van der Waals surface area (Å²) < 4.78 is 24.8. The lowest BCUT2D eigenvalue weighted by molar-refractivity contribution is -0.118. The number of benzene rings is 3. The van der Waals surface area contributed by atoms with Gasteiger partial charge < -0.3 is 20.1 Å². The van der Waals surface area contributed by atoms with E-state index in [2.05, 4.69) is 10.6 Å². The Morgan fingerprint density at radius 1 is 0.969 bits per heavy atom. The van der Waals surface area contributed by atoms with Crippen molar-refractivity contribution in [2.24, 2.45) is 0 Å². The number of hydrogen-bond acceptors (Lipinski definition) is 4. The molecule has 0 saturated carbocycles. The first-order chi connectivity index (χ1) is 15.5. The Hall–Kier alpha value is -3.87. The molecule has 0 aliphatic rings. The average molecular weight is 436 g/mol. The molecule has 3 aromatic carbocycles. The molecule has 0 aliphatic carbocycles. The molecule has 0 fully saturated rings. The molecule has 3 rings (SSSR count). The standard InChI is InChI=1S/C25H25FN2O4/c1-3-31-19-10-8-9-18(15-19)17(2)27-25(30)20-11-4-7-14-23(20)32-16-24(29)28-22-13-6-5-12-21(22)26/h4-15,17H,3,16H2,1-2H3,(H,27,30)(H,28,29). The van der Waals surface area contributed by atoms with E-state index in [9.17, 15) is 14.0 Å². The van der Waals surface area contributed by atoms with Crippen LogP contribution in [0, 0.1) is 5.82 Å². The van der Waals surface area contributed by atoms with Gasteiger partial charge in [-0.25, -0.2) is 4.39 Å². The molecule has 166 valence electrons. The zero-order chi connectivity index (χ0) is 22.9. The lowest BCUT2D eigenvalue weighted by Crippen LogP contribution is -2.28. The molecule has 0 spiro atoms. The molecule has 0 aliphatic heterocycles. The SMILES string of the molecule is CCOc1cccc(C(C)NC(=O)c2ccccc2OCC(=O)Nc2ccccc2F)c1. The van der Waals surface area contributed by atoms with Crippen LogP contribution in [0.5, 0.6) is 11.5 Å². The van der Waals surface area contributed by atoms with Crippen LogP contribution in [0.2, 0.25) is 0 Å². The van der Waals surface area contributed by atoms with Gasteiger partial charge in [-0.05, 0) is 55.8 Å². The molecule has 2 amide bonds. The maximum Gasteiger partial charge on any atom is 0.262 e. The second-order valence-electron chi connectivity index (χ2n) is 7.01. The minimum Gasteiger partial charge on any atom is -0.494 e. The van der Waals surface area contributed by atoms with Crippen LogP contribution in [-0.4, -0.2) is 25.0 Å². The van der Waals surface area contributed by atoms with Gasteiger partial charge in [-0.2, -0.15) is 0 Å². The van der Waals surface area contributed by atoms with Gasteiger partial charge >= 0.3 is 0 Å². The molecule has 3 aromatic rings. The summed E-state index contributed by atoms with van der Waals surface area (Å²) in [6.45, 7) is 3.96. The van der Waals surface area contributed by atoms with Crippen molar-refractivity contribution >= 4 is 17.5 Å². The molecular weight excluding hydrogens is 411 g/mol. The Kier molecular flexibility index (Phi) is 7.80. The molecule has 0 saturated heterocycles. The van der Waals surface area contributed by atoms with Crippen molar-refractivity contribution in [3.63, 3.8) is 0 Å². The van der Waals surface area contributed by atoms with E-state index in [1.54, 1.807) is 30.3 Å². The van der Waals surface area contributed by atoms with E-state index in [-0.39, 0.29) is 30.0 Å². The number of anilines is 1. The lowest BCUT2D eigenvalue weighted by Gasteiger charge is -2.17. The van der Waals surface area contributed by atoms with Crippen LogP contribution in [0.15, 0.2) is 72.8 Å². The quantitative estimate of drug-likeness (QED) is 0.508. The van der Waals surface area contributed by atoms with Gasteiger partial charge in [0.2, 0.25) is 0 Å². The fourth-order valence-corrected chi connectivity index (χ4v) is 3.07. The Bertz CT molecular complexity index is 1090. The van der Waals surface area contributed by atoms with Gasteiger partial charge in [0.15, 0.2) is 6.61 Å². The molecule has 32 heavy (non-hydrogen) atoms. The number of amides is 2. The minimum atomic E-state index is -0.539. The third kappa shape index (κ3) is 6.07. The zero-order valence-electron chi connectivity index (χ0n) is 17.9. The zero-order valence-corrected chi connectivity index (χ0v) is 17.9. The fourth-order valence-electron chi connectivity index (χ4n) is 3.07. The van der Waals surface area contributed by atoms with Crippen LogP contribution in [-0.2, 0) is 4.79 Å². The molecule has 6 nitrogen and oxygen atoms in total. The van der Waals surface area contributed by atoms with Crippen LogP contribution in [0.25, 0.3) is 0 Å². The highest BCUT2D eigenvalue weighted by atomic mass is 19.1. The van der Waals surface area contributed by atoms with Crippen molar-refractivity contribution in [3.05, 3.63) is 89.7 Å².